The zero-order valence-corrected chi connectivity index (χ0v) is 17.3. The Morgan fingerprint density at radius 2 is 1.94 bits per heavy atom. The van der Waals surface area contributed by atoms with Crippen LogP contribution in [0.15, 0.2) is 58.7 Å². The minimum absolute atomic E-state index is 0.168. The molecule has 1 aliphatic heterocycles. The van der Waals surface area contributed by atoms with Crippen molar-refractivity contribution in [2.45, 2.75) is 24.6 Å². The molecule has 0 bridgehead atoms. The van der Waals surface area contributed by atoms with Crippen LogP contribution in [0.2, 0.25) is 5.02 Å². The monoisotopic (exact) mass is 472 g/mol. The molecule has 31 heavy (non-hydrogen) atoms. The molecule has 0 aliphatic carbocycles. The fourth-order valence-corrected chi connectivity index (χ4v) is 4.10. The molecule has 12 heteroatoms. The van der Waals surface area contributed by atoms with Crippen LogP contribution in [-0.2, 0) is 21.2 Å². The molecule has 0 fully saturated rings. The number of hydrogen-bond acceptors (Lipinski definition) is 5. The van der Waals surface area contributed by atoms with E-state index in [9.17, 15) is 26.4 Å². The molecule has 0 radical (unpaired) electrons. The van der Waals surface area contributed by atoms with Crippen LogP contribution in [0, 0.1) is 0 Å². The van der Waals surface area contributed by atoms with Gasteiger partial charge in [-0.05, 0) is 23.8 Å². The minimum atomic E-state index is -5.07. The number of carbonyl (C=O) groups is 1. The standard InChI is InChI=1S/C19H16ClF3N4O3S/c20-14-6-2-1-4-12(14)8-16(28)27-18(19(21,22)23)9-15(31(24,29)30)17(26-11-18)13-5-3-7-25-10-13/h1-7,10-11H,8-9H2,(H,27,28)(H2,24,29,30). The van der Waals surface area contributed by atoms with Crippen LogP contribution < -0.4 is 10.5 Å². The lowest BCUT2D eigenvalue weighted by Gasteiger charge is -2.36. The van der Waals surface area contributed by atoms with Gasteiger partial charge in [-0.3, -0.25) is 14.8 Å². The summed E-state index contributed by atoms with van der Waals surface area (Å²) in [6, 6.07) is 9.08. The van der Waals surface area contributed by atoms with Gasteiger partial charge in [0, 0.05) is 35.6 Å². The number of alkyl halides is 3. The van der Waals surface area contributed by atoms with Gasteiger partial charge in [-0.15, -0.1) is 0 Å². The first kappa shape index (κ1) is 22.9. The predicted molar refractivity (Wildman–Crippen MR) is 109 cm³/mol. The Balaban J connectivity index is 2.00. The lowest BCUT2D eigenvalue weighted by molar-refractivity contribution is -0.176. The predicted octanol–water partition coefficient (Wildman–Crippen LogP) is 2.83. The van der Waals surface area contributed by atoms with Gasteiger partial charge in [0.2, 0.25) is 15.9 Å². The maximum absolute atomic E-state index is 14.1. The summed E-state index contributed by atoms with van der Waals surface area (Å²) in [5, 5.41) is 7.29. The maximum atomic E-state index is 14.1. The highest BCUT2D eigenvalue weighted by Crippen LogP contribution is 2.41. The molecule has 1 amide bonds. The molecule has 3 rings (SSSR count). The van der Waals surface area contributed by atoms with E-state index < -0.39 is 45.4 Å². The summed E-state index contributed by atoms with van der Waals surface area (Å²) in [5.74, 6) is -1.02. The van der Waals surface area contributed by atoms with Crippen molar-refractivity contribution in [2.24, 2.45) is 10.1 Å². The topological polar surface area (TPSA) is 115 Å². The van der Waals surface area contributed by atoms with Gasteiger partial charge in [-0.25, -0.2) is 13.6 Å². The second kappa shape index (κ2) is 8.40. The third-order valence-corrected chi connectivity index (χ3v) is 5.97. The molecule has 1 atom stereocenters. The average molecular weight is 473 g/mol. The van der Waals surface area contributed by atoms with Crippen LogP contribution in [-0.4, -0.2) is 37.2 Å². The zero-order valence-electron chi connectivity index (χ0n) is 15.7. The SMILES string of the molecule is NS(=O)(=O)C1=C(c2cccnc2)N=CC(NC(=O)Cc2ccccc2Cl)(C(F)(F)F)C1. The smallest absolute Gasteiger partial charge is 0.337 e. The second-order valence-electron chi connectivity index (χ2n) is 6.78. The Morgan fingerprint density at radius 1 is 1.23 bits per heavy atom. The summed E-state index contributed by atoms with van der Waals surface area (Å²) in [6.07, 6.45) is -3.54. The molecule has 1 aliphatic rings. The van der Waals surface area contributed by atoms with E-state index in [-0.39, 0.29) is 16.3 Å². The summed E-state index contributed by atoms with van der Waals surface area (Å²) >= 11 is 5.97. The first-order valence-electron chi connectivity index (χ1n) is 8.76. The number of hydrogen-bond donors (Lipinski definition) is 2. The first-order chi connectivity index (χ1) is 14.4. The number of aliphatic imine (C=N–C) groups is 1. The van der Waals surface area contributed by atoms with Crippen molar-refractivity contribution < 1.29 is 26.4 Å². The van der Waals surface area contributed by atoms with Gasteiger partial charge in [0.05, 0.1) is 17.0 Å². The fraction of sp³-hybridized carbons (Fsp3) is 0.211. The van der Waals surface area contributed by atoms with Crippen LogP contribution in [0.25, 0.3) is 5.70 Å². The summed E-state index contributed by atoms with van der Waals surface area (Å²) in [4.78, 5) is 19.2. The van der Waals surface area contributed by atoms with Gasteiger partial charge >= 0.3 is 6.18 Å². The second-order valence-corrected chi connectivity index (χ2v) is 8.77. The highest BCUT2D eigenvalue weighted by molar-refractivity contribution is 7.93. The highest BCUT2D eigenvalue weighted by Gasteiger charge is 2.57. The Bertz CT molecular complexity index is 1170. The Hall–Kier alpha value is -2.76. The van der Waals surface area contributed by atoms with Gasteiger partial charge < -0.3 is 5.32 Å². The molecular formula is C19H16ClF3N4O3S. The molecule has 2 heterocycles. The lowest BCUT2D eigenvalue weighted by Crippen LogP contribution is -2.61. The third kappa shape index (κ3) is 4.94. The number of sulfonamides is 1. The summed E-state index contributed by atoms with van der Waals surface area (Å²) in [7, 11) is -4.59. The van der Waals surface area contributed by atoms with Crippen molar-refractivity contribution in [3.05, 3.63) is 69.8 Å². The number of carbonyl (C=O) groups excluding carboxylic acids is 1. The van der Waals surface area contributed by atoms with Crippen LogP contribution in [0.5, 0.6) is 0 Å². The normalized spacial score (nSPS) is 19.4. The van der Waals surface area contributed by atoms with Gasteiger partial charge in [0.25, 0.3) is 0 Å². The highest BCUT2D eigenvalue weighted by atomic mass is 35.5. The molecule has 2 aromatic rings. The van der Waals surface area contributed by atoms with Crippen molar-refractivity contribution in [2.75, 3.05) is 0 Å². The Labute approximate surface area is 180 Å². The van der Waals surface area contributed by atoms with E-state index in [0.29, 0.717) is 11.8 Å². The molecule has 1 aromatic carbocycles. The molecule has 164 valence electrons. The summed E-state index contributed by atoms with van der Waals surface area (Å²) < 4.78 is 66.5. The number of nitrogens with zero attached hydrogens (tertiary/aromatic N) is 2. The van der Waals surface area contributed by atoms with E-state index in [0.717, 1.165) is 0 Å². The number of rotatable bonds is 5. The fourth-order valence-electron chi connectivity index (χ4n) is 3.03. The Morgan fingerprint density at radius 3 is 2.52 bits per heavy atom. The number of amides is 1. The largest absolute Gasteiger partial charge is 0.417 e. The van der Waals surface area contributed by atoms with Crippen molar-refractivity contribution in [3.63, 3.8) is 0 Å². The number of primary sulfonamides is 1. The molecule has 0 saturated heterocycles. The maximum Gasteiger partial charge on any atom is 0.417 e. The zero-order chi connectivity index (χ0) is 22.9. The van der Waals surface area contributed by atoms with Crippen LogP contribution in [0.4, 0.5) is 13.2 Å². The van der Waals surface area contributed by atoms with E-state index in [4.69, 9.17) is 16.7 Å². The Kier molecular flexibility index (Phi) is 6.21. The van der Waals surface area contributed by atoms with E-state index in [2.05, 4.69) is 9.98 Å². The molecule has 0 spiro atoms. The first-order valence-corrected chi connectivity index (χ1v) is 10.7. The number of benzene rings is 1. The molecular weight excluding hydrogens is 457 g/mol. The molecule has 0 saturated carbocycles. The lowest BCUT2D eigenvalue weighted by atomic mass is 9.91. The van der Waals surface area contributed by atoms with E-state index >= 15 is 0 Å². The van der Waals surface area contributed by atoms with Crippen LogP contribution in [0.3, 0.4) is 0 Å². The molecule has 1 aromatic heterocycles. The third-order valence-electron chi connectivity index (χ3n) is 4.57. The van der Waals surface area contributed by atoms with Gasteiger partial charge in [-0.2, -0.15) is 13.2 Å². The van der Waals surface area contributed by atoms with E-state index in [1.54, 1.807) is 12.1 Å². The van der Waals surface area contributed by atoms with Crippen LogP contribution in [0.1, 0.15) is 17.5 Å². The number of halogens is 4. The van der Waals surface area contributed by atoms with Crippen molar-refractivity contribution in [3.8, 4) is 0 Å². The number of nitrogens with two attached hydrogens (primary N) is 1. The summed E-state index contributed by atoms with van der Waals surface area (Å²) in [5.41, 5.74) is -2.86. The van der Waals surface area contributed by atoms with Gasteiger partial charge in [0.1, 0.15) is 0 Å². The number of pyridine rings is 1. The van der Waals surface area contributed by atoms with Gasteiger partial charge in [-0.1, -0.05) is 29.8 Å². The van der Waals surface area contributed by atoms with E-state index in [1.165, 1.54) is 36.7 Å². The van der Waals surface area contributed by atoms with Crippen molar-refractivity contribution in [1.82, 2.24) is 10.3 Å². The number of aromatic nitrogens is 1. The van der Waals surface area contributed by atoms with E-state index in [1.807, 2.05) is 5.32 Å². The number of nitrogens with one attached hydrogen (secondary N) is 1. The average Bonchev–Trinajstić information content (AvgIpc) is 2.69. The molecule has 3 N–H and O–H groups in total. The van der Waals surface area contributed by atoms with Crippen molar-refractivity contribution >= 4 is 39.4 Å². The molecule has 7 nitrogen and oxygen atoms in total. The molecule has 1 unspecified atom stereocenters. The minimum Gasteiger partial charge on any atom is -0.337 e. The summed E-state index contributed by atoms with van der Waals surface area (Å²) in [6.45, 7) is 0. The quantitative estimate of drug-likeness (QED) is 0.696. The van der Waals surface area contributed by atoms with Crippen molar-refractivity contribution in [1.29, 1.82) is 0 Å². The van der Waals surface area contributed by atoms with Crippen LogP contribution >= 0.6 is 11.6 Å². The van der Waals surface area contributed by atoms with Gasteiger partial charge in [0.15, 0.2) is 5.54 Å².